The number of likely N-dealkylation sites (N-methyl/N-ethyl adjacent to an activating group) is 1. The number of hydrogen-bond donors (Lipinski definition) is 2. The summed E-state index contributed by atoms with van der Waals surface area (Å²) in [5.74, 6) is -0.135. The molecule has 1 aliphatic carbocycles. The topological polar surface area (TPSA) is 75.4 Å². The van der Waals surface area contributed by atoms with Crippen molar-refractivity contribution in [1.82, 2.24) is 10.2 Å². The molecule has 1 atom stereocenters. The number of nitrogens with one attached hydrogen (secondary N) is 1. The quantitative estimate of drug-likeness (QED) is 0.670. The van der Waals surface area contributed by atoms with Gasteiger partial charge in [0.25, 0.3) is 0 Å². The highest BCUT2D eigenvalue weighted by Gasteiger charge is 2.24. The lowest BCUT2D eigenvalue weighted by Gasteiger charge is -2.19. The van der Waals surface area contributed by atoms with Gasteiger partial charge in [-0.15, -0.1) is 0 Å². The monoisotopic (exact) mass is 241 g/mol. The largest absolute Gasteiger partial charge is 0.352 e. The third-order valence-corrected chi connectivity index (χ3v) is 2.85. The van der Waals surface area contributed by atoms with Crippen molar-refractivity contribution >= 4 is 11.8 Å². The molecule has 0 radical (unpaired) electrons. The Hall–Kier alpha value is -1.10. The van der Waals surface area contributed by atoms with Gasteiger partial charge in [0.1, 0.15) is 0 Å². The average Bonchev–Trinajstić information content (AvgIpc) is 3.01. The zero-order chi connectivity index (χ0) is 12.8. The lowest BCUT2D eigenvalue weighted by Crippen LogP contribution is -2.41. The summed E-state index contributed by atoms with van der Waals surface area (Å²) in [4.78, 5) is 24.7. The molecule has 1 aliphatic rings. The zero-order valence-corrected chi connectivity index (χ0v) is 10.7. The van der Waals surface area contributed by atoms with Crippen molar-refractivity contribution < 1.29 is 9.59 Å². The van der Waals surface area contributed by atoms with E-state index in [0.717, 1.165) is 25.7 Å². The predicted molar refractivity (Wildman–Crippen MR) is 66.3 cm³/mol. The van der Waals surface area contributed by atoms with E-state index in [-0.39, 0.29) is 24.4 Å². The third kappa shape index (κ3) is 5.68. The Bertz CT molecular complexity index is 277. The number of hydrogen-bond acceptors (Lipinski definition) is 3. The normalized spacial score (nSPS) is 16.4. The highest BCUT2D eigenvalue weighted by atomic mass is 16.2. The van der Waals surface area contributed by atoms with E-state index in [2.05, 4.69) is 5.32 Å². The summed E-state index contributed by atoms with van der Waals surface area (Å²) in [6.07, 6.45) is 4.25. The molecule has 5 nitrogen and oxygen atoms in total. The molecule has 0 saturated heterocycles. The van der Waals surface area contributed by atoms with E-state index in [1.54, 1.807) is 7.05 Å². The first-order valence-corrected chi connectivity index (χ1v) is 6.31. The van der Waals surface area contributed by atoms with E-state index in [1.165, 1.54) is 4.90 Å². The number of carbonyl (C=O) groups excluding carboxylic acids is 2. The van der Waals surface area contributed by atoms with Crippen LogP contribution >= 0.6 is 0 Å². The van der Waals surface area contributed by atoms with Gasteiger partial charge in [0.2, 0.25) is 11.8 Å². The Morgan fingerprint density at radius 2 is 2.12 bits per heavy atom. The Kier molecular flexibility index (Phi) is 5.41. The number of amides is 2. The molecule has 2 amide bonds. The molecule has 0 aromatic rings. The van der Waals surface area contributed by atoms with E-state index < -0.39 is 0 Å². The molecule has 0 heterocycles. The maximum absolute atomic E-state index is 11.7. The van der Waals surface area contributed by atoms with Gasteiger partial charge in [0.15, 0.2) is 0 Å². The first-order chi connectivity index (χ1) is 8.02. The molecule has 0 aromatic carbocycles. The second kappa shape index (κ2) is 6.59. The summed E-state index contributed by atoms with van der Waals surface area (Å²) in [6, 6.07) is 0.245. The second-order valence-corrected chi connectivity index (χ2v) is 4.84. The summed E-state index contributed by atoms with van der Waals surface area (Å²) >= 11 is 0. The lowest BCUT2D eigenvalue weighted by molar-refractivity contribution is -0.135. The minimum absolute atomic E-state index is 0.0584. The summed E-state index contributed by atoms with van der Waals surface area (Å²) in [6.45, 7) is 2.17. The lowest BCUT2D eigenvalue weighted by atomic mass is 10.1. The van der Waals surface area contributed by atoms with E-state index >= 15 is 0 Å². The van der Waals surface area contributed by atoms with Crippen LogP contribution in [0.1, 0.15) is 39.0 Å². The van der Waals surface area contributed by atoms with Crippen molar-refractivity contribution in [3.63, 3.8) is 0 Å². The molecule has 0 bridgehead atoms. The molecule has 1 unspecified atom stereocenters. The van der Waals surface area contributed by atoms with Crippen molar-refractivity contribution in [2.75, 3.05) is 13.6 Å². The van der Waals surface area contributed by atoms with E-state index in [4.69, 9.17) is 5.73 Å². The standard InChI is InChI=1S/C12H23N3O2/c1-3-4-9(13)7-12(17)15(2)8-11(16)14-10-5-6-10/h9-10H,3-8,13H2,1-2H3,(H,14,16). The first-order valence-electron chi connectivity index (χ1n) is 6.31. The zero-order valence-electron chi connectivity index (χ0n) is 10.7. The molecule has 1 fully saturated rings. The van der Waals surface area contributed by atoms with Crippen molar-refractivity contribution in [1.29, 1.82) is 0 Å². The van der Waals surface area contributed by atoms with Gasteiger partial charge in [-0.25, -0.2) is 0 Å². The number of nitrogens with two attached hydrogens (primary N) is 1. The molecule has 5 heteroatoms. The van der Waals surface area contributed by atoms with Crippen molar-refractivity contribution in [2.45, 2.75) is 51.1 Å². The average molecular weight is 241 g/mol. The van der Waals surface area contributed by atoms with Crippen molar-refractivity contribution in [2.24, 2.45) is 5.73 Å². The second-order valence-electron chi connectivity index (χ2n) is 4.84. The SMILES string of the molecule is CCCC(N)CC(=O)N(C)CC(=O)NC1CC1. The fourth-order valence-corrected chi connectivity index (χ4v) is 1.66. The molecule has 17 heavy (non-hydrogen) atoms. The maximum atomic E-state index is 11.7. The van der Waals surface area contributed by atoms with Crippen LogP contribution < -0.4 is 11.1 Å². The van der Waals surface area contributed by atoms with E-state index in [0.29, 0.717) is 12.5 Å². The van der Waals surface area contributed by atoms with Crippen LogP contribution in [0.5, 0.6) is 0 Å². The van der Waals surface area contributed by atoms with Crippen LogP contribution in [0, 0.1) is 0 Å². The predicted octanol–water partition coefficient (Wildman–Crippen LogP) is 0.241. The fourth-order valence-electron chi connectivity index (χ4n) is 1.66. The minimum atomic E-state index is -0.0959. The van der Waals surface area contributed by atoms with Gasteiger partial charge in [0, 0.05) is 25.6 Å². The molecule has 98 valence electrons. The van der Waals surface area contributed by atoms with Gasteiger partial charge in [-0.05, 0) is 19.3 Å². The molecule has 1 rings (SSSR count). The first kappa shape index (κ1) is 14.0. The Morgan fingerprint density at radius 1 is 1.47 bits per heavy atom. The summed E-state index contributed by atoms with van der Waals surface area (Å²) in [5.41, 5.74) is 5.80. The summed E-state index contributed by atoms with van der Waals surface area (Å²) in [7, 11) is 1.65. The van der Waals surface area contributed by atoms with E-state index in [1.807, 2.05) is 6.92 Å². The molecular weight excluding hydrogens is 218 g/mol. The fraction of sp³-hybridized carbons (Fsp3) is 0.833. The maximum Gasteiger partial charge on any atom is 0.239 e. The van der Waals surface area contributed by atoms with Crippen LogP contribution in [0.3, 0.4) is 0 Å². The van der Waals surface area contributed by atoms with Gasteiger partial charge in [-0.1, -0.05) is 13.3 Å². The van der Waals surface area contributed by atoms with Crippen molar-refractivity contribution in [3.05, 3.63) is 0 Å². The highest BCUT2D eigenvalue weighted by Crippen LogP contribution is 2.18. The third-order valence-electron chi connectivity index (χ3n) is 2.85. The van der Waals surface area contributed by atoms with Gasteiger partial charge >= 0.3 is 0 Å². The van der Waals surface area contributed by atoms with Crippen LogP contribution in [0.15, 0.2) is 0 Å². The Balaban J connectivity index is 2.22. The van der Waals surface area contributed by atoms with Crippen LogP contribution in [0.4, 0.5) is 0 Å². The Labute approximate surface area is 103 Å². The van der Waals surface area contributed by atoms with Gasteiger partial charge in [-0.2, -0.15) is 0 Å². The Morgan fingerprint density at radius 3 is 2.65 bits per heavy atom. The molecular formula is C12H23N3O2. The van der Waals surface area contributed by atoms with E-state index in [9.17, 15) is 9.59 Å². The summed E-state index contributed by atoms with van der Waals surface area (Å²) in [5, 5.41) is 2.85. The van der Waals surface area contributed by atoms with Gasteiger partial charge in [-0.3, -0.25) is 9.59 Å². The number of nitrogens with zero attached hydrogens (tertiary/aromatic N) is 1. The minimum Gasteiger partial charge on any atom is -0.352 e. The van der Waals surface area contributed by atoms with Crippen LogP contribution in [-0.2, 0) is 9.59 Å². The molecule has 3 N–H and O–H groups in total. The number of carbonyl (C=O) groups is 2. The van der Waals surface area contributed by atoms with Crippen LogP contribution in [0.2, 0.25) is 0 Å². The van der Waals surface area contributed by atoms with Crippen LogP contribution in [0.25, 0.3) is 0 Å². The smallest absolute Gasteiger partial charge is 0.239 e. The molecule has 0 aliphatic heterocycles. The molecule has 1 saturated carbocycles. The van der Waals surface area contributed by atoms with Gasteiger partial charge < -0.3 is 16.0 Å². The highest BCUT2D eigenvalue weighted by molar-refractivity contribution is 5.85. The molecule has 0 aromatic heterocycles. The number of rotatable bonds is 7. The summed E-state index contributed by atoms with van der Waals surface area (Å²) < 4.78 is 0. The van der Waals surface area contributed by atoms with Crippen molar-refractivity contribution in [3.8, 4) is 0 Å². The molecule has 0 spiro atoms. The van der Waals surface area contributed by atoms with Gasteiger partial charge in [0.05, 0.1) is 6.54 Å². The van der Waals surface area contributed by atoms with Crippen LogP contribution in [-0.4, -0.2) is 42.4 Å².